The second-order valence-electron chi connectivity index (χ2n) is 14.9. The first-order valence-electron chi connectivity index (χ1n) is 18.1. The number of hydrogen-bond donors (Lipinski definition) is 0. The number of halogens is 1. The maximum atomic E-state index is 14.7. The van der Waals surface area contributed by atoms with Crippen molar-refractivity contribution in [2.75, 3.05) is 0 Å². The van der Waals surface area contributed by atoms with Crippen molar-refractivity contribution in [3.05, 3.63) is 157 Å². The van der Waals surface area contributed by atoms with Gasteiger partial charge in [-0.2, -0.15) is 0 Å². The maximum Gasteiger partial charge on any atom is 0.133 e. The minimum absolute atomic E-state index is 0. The molecule has 0 atom stereocenters. The van der Waals surface area contributed by atoms with Gasteiger partial charge in [0.15, 0.2) is 0 Å². The molecule has 3 aromatic heterocycles. The first kappa shape index (κ1) is 37.1. The average molecular weight is 902 g/mol. The van der Waals surface area contributed by atoms with E-state index in [-0.39, 0.29) is 25.9 Å². The molecule has 0 spiro atoms. The van der Waals surface area contributed by atoms with Crippen LogP contribution in [0.15, 0.2) is 138 Å². The van der Waals surface area contributed by atoms with Gasteiger partial charge in [0, 0.05) is 42.8 Å². The molecule has 0 aliphatic heterocycles. The Morgan fingerprint density at radius 1 is 0.796 bits per heavy atom. The smallest absolute Gasteiger partial charge is 0.133 e. The van der Waals surface area contributed by atoms with E-state index >= 15 is 0 Å². The minimum atomic E-state index is -1.34. The normalized spacial score (nSPS) is 11.6. The van der Waals surface area contributed by atoms with Crippen molar-refractivity contribution in [3.8, 4) is 28.3 Å². The molecule has 271 valence electrons. The van der Waals surface area contributed by atoms with Crippen molar-refractivity contribution < 1.29 is 28.9 Å². The Bertz CT molecular complexity index is 2740. The van der Waals surface area contributed by atoms with Crippen molar-refractivity contribution in [3.63, 3.8) is 0 Å². The topological polar surface area (TPSA) is 43.9 Å². The minimum Gasteiger partial charge on any atom is -0.500 e. The molecular weight excluding hydrogens is 862 g/mol. The van der Waals surface area contributed by atoms with Crippen LogP contribution in [-0.4, -0.2) is 22.6 Å². The molecule has 54 heavy (non-hydrogen) atoms. The summed E-state index contributed by atoms with van der Waals surface area (Å²) in [4.78, 5) is 9.67. The molecule has 3 heterocycles. The fraction of sp³-hybridized carbons (Fsp3) is 0.149. The molecule has 1 radical (unpaired) electrons. The number of imidazole rings is 1. The predicted molar refractivity (Wildman–Crippen MR) is 220 cm³/mol. The summed E-state index contributed by atoms with van der Waals surface area (Å²) in [5.74, 6) is 1.07. The Balaban J connectivity index is 0.000000186. The van der Waals surface area contributed by atoms with Gasteiger partial charge >= 0.3 is 0 Å². The molecular formula is C47H40FIrN3OSi-2. The molecule has 0 unspecified atom stereocenters. The Morgan fingerprint density at radius 2 is 1.56 bits per heavy atom. The standard InChI is InChI=1S/C29H16FN2O.C18H24NSi.Ir/c30-22-13-7-17-26-27(22)20-11-6-12-21(28(20)33-26)29-31-23-14-3-4-15-25(23)32(29)24-16-5-9-18-8-1-2-10-19(18)24;1-14(2)11-16-12-17(15-9-7-6-8-10-15)19-13-18(16)20(3,4)5;/h1-11,13-17H;6-9,12-14H,11H2,1-5H3;/q2*-1;. The Labute approximate surface area is 330 Å². The van der Waals surface area contributed by atoms with Crippen molar-refractivity contribution in [1.82, 2.24) is 14.5 Å². The number of nitrogens with zero attached hydrogens (tertiary/aromatic N) is 3. The van der Waals surface area contributed by atoms with Crippen LogP contribution in [0.4, 0.5) is 4.39 Å². The fourth-order valence-corrected chi connectivity index (χ4v) is 8.83. The van der Waals surface area contributed by atoms with Crippen molar-refractivity contribution >= 4 is 57.0 Å². The summed E-state index contributed by atoms with van der Waals surface area (Å²) in [6, 6.07) is 48.1. The summed E-state index contributed by atoms with van der Waals surface area (Å²) in [6.45, 7) is 11.7. The van der Waals surface area contributed by atoms with Crippen LogP contribution in [0.1, 0.15) is 19.4 Å². The number of aromatic nitrogens is 3. The van der Waals surface area contributed by atoms with E-state index in [0.29, 0.717) is 39.2 Å². The second-order valence-corrected chi connectivity index (χ2v) is 20.0. The monoisotopic (exact) mass is 902 g/mol. The van der Waals surface area contributed by atoms with Crippen molar-refractivity contribution in [2.45, 2.75) is 39.9 Å². The number of pyridine rings is 1. The second kappa shape index (κ2) is 15.3. The summed E-state index contributed by atoms with van der Waals surface area (Å²) in [6.07, 6.45) is 3.24. The van der Waals surface area contributed by atoms with E-state index in [1.807, 2.05) is 60.7 Å². The Kier molecular flexibility index (Phi) is 10.5. The first-order chi connectivity index (χ1) is 25.7. The molecule has 7 heteroatoms. The third-order valence-electron chi connectivity index (χ3n) is 9.61. The third-order valence-corrected chi connectivity index (χ3v) is 11.7. The van der Waals surface area contributed by atoms with Crippen LogP contribution < -0.4 is 5.19 Å². The number of furan rings is 1. The zero-order chi connectivity index (χ0) is 36.7. The van der Waals surface area contributed by atoms with Crippen LogP contribution in [0, 0.1) is 23.9 Å². The molecule has 9 rings (SSSR count). The van der Waals surface area contributed by atoms with Crippen molar-refractivity contribution in [1.29, 1.82) is 0 Å². The number of benzene rings is 6. The molecule has 4 nitrogen and oxygen atoms in total. The molecule has 6 aromatic carbocycles. The van der Waals surface area contributed by atoms with E-state index in [1.165, 1.54) is 16.8 Å². The van der Waals surface area contributed by atoms with Gasteiger partial charge in [0.25, 0.3) is 0 Å². The SMILES string of the molecule is CC(C)Cc1cc(-c2[c-]cccc2)ncc1[Si](C)(C)C.Fc1cccc2oc3c(-c4nc5ccccc5n4-c4cccc5ccccc45)[c-]ccc3c12.[Ir]. The predicted octanol–water partition coefficient (Wildman–Crippen LogP) is 12.0. The molecule has 0 amide bonds. The van der Waals surface area contributed by atoms with Crippen LogP contribution in [0.2, 0.25) is 19.6 Å². The molecule has 0 fully saturated rings. The van der Waals surface area contributed by atoms with Gasteiger partial charge in [-0.15, -0.1) is 54.1 Å². The number of rotatable bonds is 6. The fourth-order valence-electron chi connectivity index (χ4n) is 7.24. The number of fused-ring (bicyclic) bond motifs is 5. The summed E-state index contributed by atoms with van der Waals surface area (Å²) >= 11 is 0. The largest absolute Gasteiger partial charge is 0.500 e. The first-order valence-corrected chi connectivity index (χ1v) is 21.6. The zero-order valence-electron chi connectivity index (χ0n) is 30.9. The van der Waals surface area contributed by atoms with E-state index in [0.717, 1.165) is 45.2 Å². The van der Waals surface area contributed by atoms with Crippen LogP contribution in [0.25, 0.3) is 72.1 Å². The van der Waals surface area contributed by atoms with E-state index in [1.54, 1.807) is 12.1 Å². The quantitative estimate of drug-likeness (QED) is 0.123. The van der Waals surface area contributed by atoms with Gasteiger partial charge in [-0.3, -0.25) is 4.98 Å². The summed E-state index contributed by atoms with van der Waals surface area (Å²) in [5, 5.41) is 4.95. The van der Waals surface area contributed by atoms with Gasteiger partial charge in [-0.05, 0) is 58.9 Å². The third kappa shape index (κ3) is 7.07. The molecule has 0 bridgehead atoms. The van der Waals surface area contributed by atoms with Gasteiger partial charge in [0.2, 0.25) is 0 Å². The van der Waals surface area contributed by atoms with Gasteiger partial charge in [-0.1, -0.05) is 111 Å². The molecule has 0 saturated carbocycles. The van der Waals surface area contributed by atoms with Gasteiger partial charge in [0.05, 0.1) is 30.5 Å². The zero-order valence-corrected chi connectivity index (χ0v) is 34.3. The summed E-state index contributed by atoms with van der Waals surface area (Å²) < 4.78 is 23.0. The van der Waals surface area contributed by atoms with Crippen LogP contribution in [0.5, 0.6) is 0 Å². The van der Waals surface area contributed by atoms with E-state index in [4.69, 9.17) is 9.40 Å². The van der Waals surface area contributed by atoms with Crippen molar-refractivity contribution in [2.24, 2.45) is 5.92 Å². The van der Waals surface area contributed by atoms with E-state index in [9.17, 15) is 4.39 Å². The Morgan fingerprint density at radius 3 is 2.35 bits per heavy atom. The summed E-state index contributed by atoms with van der Waals surface area (Å²) in [7, 11) is -1.34. The van der Waals surface area contributed by atoms with E-state index in [2.05, 4.69) is 110 Å². The number of para-hydroxylation sites is 2. The summed E-state index contributed by atoms with van der Waals surface area (Å²) in [5.41, 5.74) is 8.26. The van der Waals surface area contributed by atoms with Crippen LogP contribution in [0.3, 0.4) is 0 Å². The molecule has 0 aliphatic rings. The van der Waals surface area contributed by atoms with Gasteiger partial charge < -0.3 is 14.0 Å². The molecule has 0 N–H and O–H groups in total. The molecule has 0 saturated heterocycles. The van der Waals surface area contributed by atoms with E-state index < -0.39 is 8.07 Å². The Hall–Kier alpha value is -5.20. The average Bonchev–Trinajstić information content (AvgIpc) is 3.74. The molecule has 0 aliphatic carbocycles. The van der Waals surface area contributed by atoms with Gasteiger partial charge in [0.1, 0.15) is 11.4 Å². The van der Waals surface area contributed by atoms with Crippen LogP contribution in [-0.2, 0) is 26.5 Å². The maximum absolute atomic E-state index is 14.7. The number of hydrogen-bond acceptors (Lipinski definition) is 3. The molecule has 9 aromatic rings. The van der Waals surface area contributed by atoms with Gasteiger partial charge in [-0.25, -0.2) is 4.39 Å². The van der Waals surface area contributed by atoms with Crippen LogP contribution >= 0.6 is 0 Å².